The van der Waals surface area contributed by atoms with Crippen LogP contribution in [0, 0.1) is 0 Å². The van der Waals surface area contributed by atoms with E-state index in [9.17, 15) is 39.5 Å². The standard InChI is InChI=1S/C8H10F9NO/c1-2-3(18)4(6(9,10)11)19-5(7(12,13)14)8(15,16)17/h3-5H,2,18H2,1H3. The Morgan fingerprint density at radius 1 is 0.842 bits per heavy atom. The van der Waals surface area contributed by atoms with Crippen LogP contribution >= 0.6 is 0 Å². The van der Waals surface area contributed by atoms with Crippen molar-refractivity contribution < 1.29 is 44.3 Å². The number of halogens is 9. The van der Waals surface area contributed by atoms with Gasteiger partial charge in [0, 0.05) is 6.04 Å². The van der Waals surface area contributed by atoms with Crippen LogP contribution in [0.25, 0.3) is 0 Å². The van der Waals surface area contributed by atoms with Gasteiger partial charge in [-0.05, 0) is 6.42 Å². The Bertz CT molecular complexity index is 267. The van der Waals surface area contributed by atoms with E-state index in [1.807, 2.05) is 0 Å². The fourth-order valence-corrected chi connectivity index (χ4v) is 1.12. The molecule has 2 atom stereocenters. The summed E-state index contributed by atoms with van der Waals surface area (Å²) < 4.78 is 113. The fourth-order valence-electron chi connectivity index (χ4n) is 1.12. The Morgan fingerprint density at radius 3 is 1.42 bits per heavy atom. The van der Waals surface area contributed by atoms with Crippen LogP contribution in [0.2, 0.25) is 0 Å². The van der Waals surface area contributed by atoms with Crippen LogP contribution in [0.4, 0.5) is 39.5 Å². The molecule has 2 nitrogen and oxygen atoms in total. The number of ether oxygens (including phenoxy) is 1. The van der Waals surface area contributed by atoms with Crippen LogP contribution in [0.15, 0.2) is 0 Å². The van der Waals surface area contributed by atoms with Gasteiger partial charge in [-0.25, -0.2) is 0 Å². The summed E-state index contributed by atoms with van der Waals surface area (Å²) in [5.74, 6) is 0. The van der Waals surface area contributed by atoms with Gasteiger partial charge in [0.15, 0.2) is 6.10 Å². The highest BCUT2D eigenvalue weighted by Gasteiger charge is 2.61. The molecule has 19 heavy (non-hydrogen) atoms. The number of rotatable bonds is 4. The van der Waals surface area contributed by atoms with Crippen molar-refractivity contribution in [3.05, 3.63) is 0 Å². The molecular weight excluding hydrogens is 297 g/mol. The van der Waals surface area contributed by atoms with Gasteiger partial charge in [0.1, 0.15) is 0 Å². The first-order valence-corrected chi connectivity index (χ1v) is 4.82. The van der Waals surface area contributed by atoms with Crippen molar-refractivity contribution in [1.29, 1.82) is 0 Å². The zero-order valence-corrected chi connectivity index (χ0v) is 9.33. The molecule has 0 rings (SSSR count). The predicted octanol–water partition coefficient (Wildman–Crippen LogP) is 3.16. The van der Waals surface area contributed by atoms with Gasteiger partial charge < -0.3 is 10.5 Å². The fraction of sp³-hybridized carbons (Fsp3) is 1.00. The van der Waals surface area contributed by atoms with Crippen molar-refractivity contribution in [2.24, 2.45) is 5.73 Å². The molecule has 11 heteroatoms. The third kappa shape index (κ3) is 5.43. The zero-order chi connectivity index (χ0) is 15.6. The van der Waals surface area contributed by atoms with Gasteiger partial charge in [0.25, 0.3) is 0 Å². The van der Waals surface area contributed by atoms with E-state index >= 15 is 0 Å². The van der Waals surface area contributed by atoms with E-state index < -0.39 is 43.2 Å². The van der Waals surface area contributed by atoms with Gasteiger partial charge in [0.05, 0.1) is 0 Å². The van der Waals surface area contributed by atoms with Gasteiger partial charge >= 0.3 is 18.5 Å². The maximum atomic E-state index is 12.4. The smallest absolute Gasteiger partial charge is 0.346 e. The molecule has 0 saturated carbocycles. The van der Waals surface area contributed by atoms with Crippen LogP contribution in [0.1, 0.15) is 13.3 Å². The zero-order valence-electron chi connectivity index (χ0n) is 9.33. The van der Waals surface area contributed by atoms with E-state index in [0.29, 0.717) is 0 Å². The van der Waals surface area contributed by atoms with Gasteiger partial charge in [-0.15, -0.1) is 0 Å². The third-order valence-electron chi connectivity index (χ3n) is 2.06. The van der Waals surface area contributed by atoms with Crippen LogP contribution in [0.3, 0.4) is 0 Å². The minimum absolute atomic E-state index is 0.507. The van der Waals surface area contributed by atoms with Crippen LogP contribution in [-0.4, -0.2) is 36.8 Å². The Labute approximate surface area is 101 Å². The van der Waals surface area contributed by atoms with Gasteiger partial charge in [-0.1, -0.05) is 6.92 Å². The summed E-state index contributed by atoms with van der Waals surface area (Å²) in [6, 6.07) is -2.03. The number of nitrogens with two attached hydrogens (primary N) is 1. The quantitative estimate of drug-likeness (QED) is 0.810. The molecule has 0 aromatic heterocycles. The summed E-state index contributed by atoms with van der Waals surface area (Å²) >= 11 is 0. The van der Waals surface area contributed by atoms with Crippen molar-refractivity contribution in [2.75, 3.05) is 0 Å². The predicted molar refractivity (Wildman–Crippen MR) is 45.1 cm³/mol. The lowest BCUT2D eigenvalue weighted by Crippen LogP contribution is -2.54. The molecule has 116 valence electrons. The molecule has 0 spiro atoms. The summed E-state index contributed by atoms with van der Waals surface area (Å²) in [7, 11) is 0. The average Bonchev–Trinajstić information content (AvgIpc) is 2.11. The minimum atomic E-state index is -6.02. The second-order valence-corrected chi connectivity index (χ2v) is 3.63. The summed E-state index contributed by atoms with van der Waals surface area (Å²) in [6.07, 6.45) is -25.9. The lowest BCUT2D eigenvalue weighted by atomic mass is 10.1. The van der Waals surface area contributed by atoms with Gasteiger partial charge in [-0.2, -0.15) is 39.5 Å². The van der Waals surface area contributed by atoms with E-state index in [2.05, 4.69) is 4.74 Å². The maximum Gasteiger partial charge on any atom is 0.423 e. The monoisotopic (exact) mass is 307 g/mol. The minimum Gasteiger partial charge on any atom is -0.346 e. The summed E-state index contributed by atoms with van der Waals surface area (Å²) in [5, 5.41) is 0. The van der Waals surface area contributed by atoms with Crippen molar-refractivity contribution >= 4 is 0 Å². The Hall–Kier alpha value is -0.710. The molecule has 0 saturated heterocycles. The topological polar surface area (TPSA) is 35.2 Å². The Balaban J connectivity index is 5.29. The van der Waals surface area contributed by atoms with E-state index in [-0.39, 0.29) is 0 Å². The van der Waals surface area contributed by atoms with E-state index in [4.69, 9.17) is 5.73 Å². The highest BCUT2D eigenvalue weighted by Crippen LogP contribution is 2.39. The molecule has 2 N–H and O–H groups in total. The molecule has 0 aromatic carbocycles. The Morgan fingerprint density at radius 2 is 1.21 bits per heavy atom. The second kappa shape index (κ2) is 5.73. The van der Waals surface area contributed by atoms with Crippen molar-refractivity contribution in [2.45, 2.75) is 50.1 Å². The Kier molecular flexibility index (Phi) is 5.52. The van der Waals surface area contributed by atoms with Gasteiger partial charge in [0.2, 0.25) is 6.10 Å². The maximum absolute atomic E-state index is 12.4. The summed E-state index contributed by atoms with van der Waals surface area (Å²) in [5.41, 5.74) is 4.86. The van der Waals surface area contributed by atoms with Crippen LogP contribution in [-0.2, 0) is 4.74 Å². The number of hydrogen-bond donors (Lipinski definition) is 1. The number of alkyl halides is 9. The highest BCUT2D eigenvalue weighted by atomic mass is 19.4. The number of hydrogen-bond acceptors (Lipinski definition) is 2. The van der Waals surface area contributed by atoms with E-state index in [1.165, 1.54) is 0 Å². The lowest BCUT2D eigenvalue weighted by molar-refractivity contribution is -0.356. The second-order valence-electron chi connectivity index (χ2n) is 3.63. The normalized spacial score (nSPS) is 17.7. The van der Waals surface area contributed by atoms with E-state index in [1.54, 1.807) is 0 Å². The molecule has 0 heterocycles. The lowest BCUT2D eigenvalue weighted by Gasteiger charge is -2.31. The molecule has 0 amide bonds. The largest absolute Gasteiger partial charge is 0.423 e. The first-order chi connectivity index (χ1) is 8.21. The molecular formula is C8H10F9NO. The first kappa shape index (κ1) is 18.3. The average molecular weight is 307 g/mol. The van der Waals surface area contributed by atoms with Crippen molar-refractivity contribution in [3.8, 4) is 0 Å². The first-order valence-electron chi connectivity index (χ1n) is 4.82. The SMILES string of the molecule is CCC(N)C(OC(C(F)(F)F)C(F)(F)F)C(F)(F)F. The molecule has 0 aromatic rings. The molecule has 0 aliphatic rings. The van der Waals surface area contributed by atoms with Crippen LogP contribution < -0.4 is 5.73 Å². The summed E-state index contributed by atoms with van der Waals surface area (Å²) in [4.78, 5) is 0. The molecule has 2 unspecified atom stereocenters. The molecule has 0 radical (unpaired) electrons. The third-order valence-corrected chi connectivity index (χ3v) is 2.06. The molecule has 0 aliphatic heterocycles. The van der Waals surface area contributed by atoms with Crippen LogP contribution in [0.5, 0.6) is 0 Å². The van der Waals surface area contributed by atoms with Crippen molar-refractivity contribution in [1.82, 2.24) is 0 Å². The molecule has 0 bridgehead atoms. The molecule has 0 aliphatic carbocycles. The van der Waals surface area contributed by atoms with E-state index in [0.717, 1.165) is 6.92 Å². The summed E-state index contributed by atoms with van der Waals surface area (Å²) in [6.45, 7) is 1.07. The van der Waals surface area contributed by atoms with Gasteiger partial charge in [-0.3, -0.25) is 0 Å². The molecule has 0 fully saturated rings. The van der Waals surface area contributed by atoms with Crippen molar-refractivity contribution in [3.63, 3.8) is 0 Å². The highest BCUT2D eigenvalue weighted by molar-refractivity contribution is 4.85.